The van der Waals surface area contributed by atoms with E-state index in [1.807, 2.05) is 0 Å². The number of benzene rings is 2. The van der Waals surface area contributed by atoms with Gasteiger partial charge in [0.05, 0.1) is 23.0 Å². The van der Waals surface area contributed by atoms with E-state index in [1.165, 1.54) is 31.3 Å². The number of fused-ring (bicyclic) bond motifs is 1. The van der Waals surface area contributed by atoms with Gasteiger partial charge in [-0.25, -0.2) is 18.3 Å². The SMILES string of the molecule is Cn1ncc(C(F)(F)F)c(-c2nccc3c(C[C@H](NC(=O)c4c(F)cccc4F)C(=O)O)cccc23)c1=O. The zero-order chi connectivity index (χ0) is 27.8. The molecule has 2 N–H and O–H groups in total. The average molecular weight is 532 g/mol. The summed E-state index contributed by atoms with van der Waals surface area (Å²) in [6.45, 7) is 0. The van der Waals surface area contributed by atoms with Crippen LogP contribution >= 0.6 is 0 Å². The zero-order valence-corrected chi connectivity index (χ0v) is 19.4. The van der Waals surface area contributed by atoms with E-state index in [2.05, 4.69) is 15.4 Å². The van der Waals surface area contributed by atoms with Gasteiger partial charge in [0.1, 0.15) is 23.2 Å². The number of carbonyl (C=O) groups excluding carboxylic acids is 1. The summed E-state index contributed by atoms with van der Waals surface area (Å²) < 4.78 is 69.9. The van der Waals surface area contributed by atoms with Gasteiger partial charge in [-0.1, -0.05) is 24.3 Å². The highest BCUT2D eigenvalue weighted by atomic mass is 19.4. The van der Waals surface area contributed by atoms with Gasteiger partial charge < -0.3 is 10.4 Å². The van der Waals surface area contributed by atoms with Crippen molar-refractivity contribution in [2.24, 2.45) is 7.05 Å². The Hall–Kier alpha value is -4.68. The van der Waals surface area contributed by atoms with Gasteiger partial charge in [0.2, 0.25) is 0 Å². The molecule has 196 valence electrons. The second kappa shape index (κ2) is 10.00. The Bertz CT molecular complexity index is 1610. The number of carboxylic acids is 1. The van der Waals surface area contributed by atoms with Crippen molar-refractivity contribution >= 4 is 22.6 Å². The third-order valence-electron chi connectivity index (χ3n) is 5.79. The van der Waals surface area contributed by atoms with Crippen LogP contribution in [0.5, 0.6) is 0 Å². The summed E-state index contributed by atoms with van der Waals surface area (Å²) in [5, 5.41) is 15.6. The number of alkyl halides is 3. The Morgan fingerprint density at radius 1 is 1.05 bits per heavy atom. The summed E-state index contributed by atoms with van der Waals surface area (Å²) in [5.74, 6) is -5.20. The number of carboxylic acid groups (broad SMARTS) is 1. The van der Waals surface area contributed by atoms with Crippen LogP contribution in [0.4, 0.5) is 22.0 Å². The molecule has 1 atom stereocenters. The maximum atomic E-state index is 14.0. The van der Waals surface area contributed by atoms with Gasteiger partial charge in [0.15, 0.2) is 0 Å². The summed E-state index contributed by atoms with van der Waals surface area (Å²) in [6, 6.07) is 6.75. The van der Waals surface area contributed by atoms with Crippen LogP contribution in [0, 0.1) is 11.6 Å². The van der Waals surface area contributed by atoms with Crippen molar-refractivity contribution in [2.75, 3.05) is 0 Å². The Kier molecular flexibility index (Phi) is 6.94. The number of hydrogen-bond acceptors (Lipinski definition) is 5. The minimum atomic E-state index is -4.92. The van der Waals surface area contributed by atoms with E-state index in [1.54, 1.807) is 0 Å². The Balaban J connectivity index is 1.79. The minimum Gasteiger partial charge on any atom is -0.480 e. The molecular formula is C25H17F5N4O4. The number of aliphatic carboxylic acids is 1. The second-order valence-corrected chi connectivity index (χ2v) is 8.20. The lowest BCUT2D eigenvalue weighted by Crippen LogP contribution is -2.43. The molecule has 4 rings (SSSR count). The summed E-state index contributed by atoms with van der Waals surface area (Å²) in [7, 11) is 1.18. The molecule has 0 unspecified atom stereocenters. The normalized spacial score (nSPS) is 12.4. The third-order valence-corrected chi connectivity index (χ3v) is 5.79. The zero-order valence-electron chi connectivity index (χ0n) is 19.4. The van der Waals surface area contributed by atoms with Crippen molar-refractivity contribution in [2.45, 2.75) is 18.6 Å². The monoisotopic (exact) mass is 532 g/mol. The highest BCUT2D eigenvalue weighted by molar-refractivity contribution is 5.99. The number of hydrogen-bond donors (Lipinski definition) is 2. The van der Waals surface area contributed by atoms with Crippen LogP contribution in [-0.4, -0.2) is 37.8 Å². The first kappa shape index (κ1) is 26.4. The molecule has 2 heterocycles. The number of aryl methyl sites for hydroxylation is 1. The molecule has 0 saturated carbocycles. The Morgan fingerprint density at radius 2 is 1.71 bits per heavy atom. The van der Waals surface area contributed by atoms with Crippen molar-refractivity contribution in [3.8, 4) is 11.3 Å². The number of nitrogens with one attached hydrogen (secondary N) is 1. The highest BCUT2D eigenvalue weighted by Crippen LogP contribution is 2.36. The average Bonchev–Trinajstić information content (AvgIpc) is 2.84. The maximum absolute atomic E-state index is 14.0. The van der Waals surface area contributed by atoms with Crippen LogP contribution in [0.15, 0.2) is 59.7 Å². The number of nitrogens with zero attached hydrogens (tertiary/aromatic N) is 3. The molecule has 2 aromatic heterocycles. The van der Waals surface area contributed by atoms with E-state index in [0.29, 0.717) is 6.20 Å². The van der Waals surface area contributed by atoms with Crippen molar-refractivity contribution in [1.82, 2.24) is 20.1 Å². The molecule has 38 heavy (non-hydrogen) atoms. The summed E-state index contributed by atoms with van der Waals surface area (Å²) >= 11 is 0. The van der Waals surface area contributed by atoms with E-state index in [9.17, 15) is 41.4 Å². The smallest absolute Gasteiger partial charge is 0.418 e. The van der Waals surface area contributed by atoms with Crippen LogP contribution in [0.25, 0.3) is 22.0 Å². The van der Waals surface area contributed by atoms with Crippen molar-refractivity contribution in [3.05, 3.63) is 93.5 Å². The van der Waals surface area contributed by atoms with Crippen molar-refractivity contribution < 1.29 is 36.6 Å². The molecule has 0 aliphatic rings. The fourth-order valence-electron chi connectivity index (χ4n) is 4.00. The molecular weight excluding hydrogens is 515 g/mol. The summed E-state index contributed by atoms with van der Waals surface area (Å²) in [6.07, 6.45) is -3.65. The Labute approximate surface area is 210 Å². The second-order valence-electron chi connectivity index (χ2n) is 8.20. The number of aromatic nitrogens is 3. The molecule has 13 heteroatoms. The quantitative estimate of drug-likeness (QED) is 0.366. The molecule has 0 saturated heterocycles. The highest BCUT2D eigenvalue weighted by Gasteiger charge is 2.37. The largest absolute Gasteiger partial charge is 0.480 e. The lowest BCUT2D eigenvalue weighted by Gasteiger charge is -2.18. The van der Waals surface area contributed by atoms with Crippen LogP contribution in [0.2, 0.25) is 0 Å². The number of carbonyl (C=O) groups is 2. The van der Waals surface area contributed by atoms with E-state index in [4.69, 9.17) is 0 Å². The molecule has 0 spiro atoms. The standard InChI is InChI=1S/C25H17F5N4O4/c1-34-23(36)19(15(11-32-34)25(28,29)30)21-14-5-2-4-12(13(14)8-9-31-21)10-18(24(37)38)33-22(35)20-16(26)6-3-7-17(20)27/h2-9,11,18H,10H2,1H3,(H,33,35)(H,37,38)/t18-/m0/s1. The van der Waals surface area contributed by atoms with Gasteiger partial charge >= 0.3 is 12.1 Å². The number of amides is 1. The third kappa shape index (κ3) is 4.94. The fraction of sp³-hybridized carbons (Fsp3) is 0.160. The molecule has 8 nitrogen and oxygen atoms in total. The lowest BCUT2D eigenvalue weighted by molar-refractivity contribution is -0.139. The fourth-order valence-corrected chi connectivity index (χ4v) is 4.00. The van der Waals surface area contributed by atoms with Gasteiger partial charge in [-0.15, -0.1) is 0 Å². The van der Waals surface area contributed by atoms with E-state index in [0.717, 1.165) is 29.1 Å². The van der Waals surface area contributed by atoms with Gasteiger partial charge in [0, 0.05) is 25.1 Å². The molecule has 0 aliphatic heterocycles. The molecule has 0 bridgehead atoms. The summed E-state index contributed by atoms with van der Waals surface area (Å²) in [5.41, 5.74) is -4.09. The maximum Gasteiger partial charge on any atom is 0.418 e. The predicted octanol–water partition coefficient (Wildman–Crippen LogP) is 3.72. The van der Waals surface area contributed by atoms with Crippen LogP contribution in [0.1, 0.15) is 21.5 Å². The molecule has 0 fully saturated rings. The van der Waals surface area contributed by atoms with E-state index >= 15 is 0 Å². The predicted molar refractivity (Wildman–Crippen MR) is 124 cm³/mol. The van der Waals surface area contributed by atoms with E-state index < -0.39 is 64.4 Å². The minimum absolute atomic E-state index is 0.106. The summed E-state index contributed by atoms with van der Waals surface area (Å²) in [4.78, 5) is 41.1. The molecule has 0 radical (unpaired) electrons. The van der Waals surface area contributed by atoms with Crippen LogP contribution in [-0.2, 0) is 24.4 Å². The van der Waals surface area contributed by atoms with Crippen LogP contribution < -0.4 is 10.9 Å². The first-order chi connectivity index (χ1) is 17.9. The van der Waals surface area contributed by atoms with Gasteiger partial charge in [-0.05, 0) is 29.1 Å². The molecule has 1 amide bonds. The van der Waals surface area contributed by atoms with Crippen molar-refractivity contribution in [3.63, 3.8) is 0 Å². The lowest BCUT2D eigenvalue weighted by atomic mass is 9.95. The Morgan fingerprint density at radius 3 is 2.34 bits per heavy atom. The number of pyridine rings is 1. The molecule has 4 aromatic rings. The first-order valence-electron chi connectivity index (χ1n) is 10.9. The first-order valence-corrected chi connectivity index (χ1v) is 10.9. The van der Waals surface area contributed by atoms with Gasteiger partial charge in [0.25, 0.3) is 11.5 Å². The number of halogens is 5. The van der Waals surface area contributed by atoms with Gasteiger partial charge in [-0.3, -0.25) is 14.6 Å². The topological polar surface area (TPSA) is 114 Å². The number of rotatable bonds is 6. The van der Waals surface area contributed by atoms with E-state index in [-0.39, 0.29) is 22.0 Å². The van der Waals surface area contributed by atoms with Gasteiger partial charge in [-0.2, -0.15) is 18.3 Å². The molecule has 0 aliphatic carbocycles. The van der Waals surface area contributed by atoms with Crippen molar-refractivity contribution in [1.29, 1.82) is 0 Å². The van der Waals surface area contributed by atoms with Crippen LogP contribution in [0.3, 0.4) is 0 Å². The molecule has 2 aromatic carbocycles.